The largest absolute Gasteiger partial charge is 0.368 e. The van der Waals surface area contributed by atoms with Gasteiger partial charge in [0.25, 0.3) is 0 Å². The molecule has 24 heavy (non-hydrogen) atoms. The maximum atomic E-state index is 4.41. The van der Waals surface area contributed by atoms with Crippen LogP contribution in [-0.4, -0.2) is 60.4 Å². The first-order chi connectivity index (χ1) is 11.7. The van der Waals surface area contributed by atoms with Gasteiger partial charge < -0.3 is 14.7 Å². The molecule has 0 N–H and O–H groups in total. The normalized spacial score (nSPS) is 15.1. The van der Waals surface area contributed by atoms with Gasteiger partial charge in [0, 0.05) is 51.3 Å². The Morgan fingerprint density at radius 3 is 2.54 bits per heavy atom. The third kappa shape index (κ3) is 2.73. The highest BCUT2D eigenvalue weighted by molar-refractivity contribution is 7.13. The van der Waals surface area contributed by atoms with Gasteiger partial charge in [-0.15, -0.1) is 10.2 Å². The fourth-order valence-electron chi connectivity index (χ4n) is 3.05. The van der Waals surface area contributed by atoms with E-state index in [9.17, 15) is 0 Å². The van der Waals surface area contributed by atoms with Crippen molar-refractivity contribution < 1.29 is 0 Å². The molecule has 1 saturated heterocycles. The standard InChI is InChI=1S/C16H19N7S/c1-21(2)15-13-9-12(3-4-14(13)17-10-18-15)22-5-7-23(8-6-22)16-20-19-11-24-16/h3-4,9-11H,5-8H2,1-2H3. The molecule has 2 aromatic heterocycles. The van der Waals surface area contributed by atoms with E-state index in [2.05, 4.69) is 48.2 Å². The Morgan fingerprint density at radius 2 is 1.83 bits per heavy atom. The van der Waals surface area contributed by atoms with E-state index in [1.807, 2.05) is 19.0 Å². The highest BCUT2D eigenvalue weighted by atomic mass is 32.1. The predicted octanol–water partition coefficient (Wildman–Crippen LogP) is 1.87. The lowest BCUT2D eigenvalue weighted by atomic mass is 10.1. The molecule has 1 fully saturated rings. The summed E-state index contributed by atoms with van der Waals surface area (Å²) in [5.74, 6) is 0.953. The summed E-state index contributed by atoms with van der Waals surface area (Å²) in [6.45, 7) is 3.85. The molecule has 8 heteroatoms. The molecule has 1 aliphatic rings. The fourth-order valence-corrected chi connectivity index (χ4v) is 3.66. The Hall–Kier alpha value is -2.48. The van der Waals surface area contributed by atoms with Crippen molar-refractivity contribution in [3.8, 4) is 0 Å². The minimum Gasteiger partial charge on any atom is -0.368 e. The van der Waals surface area contributed by atoms with Gasteiger partial charge in [0.15, 0.2) is 0 Å². The van der Waals surface area contributed by atoms with E-state index < -0.39 is 0 Å². The SMILES string of the molecule is CN(C)c1ncnc2ccc(N3CCN(c4nncs4)CC3)cc12. The van der Waals surface area contributed by atoms with E-state index >= 15 is 0 Å². The Kier molecular flexibility index (Phi) is 3.89. The summed E-state index contributed by atoms with van der Waals surface area (Å²) in [7, 11) is 4.02. The molecule has 0 atom stereocenters. The molecule has 3 aromatic rings. The van der Waals surface area contributed by atoms with Crippen LogP contribution in [0.3, 0.4) is 0 Å². The number of rotatable bonds is 3. The molecule has 4 rings (SSSR count). The summed E-state index contributed by atoms with van der Waals surface area (Å²) >= 11 is 1.60. The van der Waals surface area contributed by atoms with Crippen LogP contribution in [0.15, 0.2) is 30.0 Å². The number of benzene rings is 1. The lowest BCUT2D eigenvalue weighted by molar-refractivity contribution is 0.650. The van der Waals surface area contributed by atoms with Crippen LogP contribution in [-0.2, 0) is 0 Å². The molecule has 0 aliphatic carbocycles. The van der Waals surface area contributed by atoms with Crippen molar-refractivity contribution in [1.29, 1.82) is 0 Å². The maximum absolute atomic E-state index is 4.41. The summed E-state index contributed by atoms with van der Waals surface area (Å²) in [5, 5.41) is 10.2. The minimum atomic E-state index is 0.953. The quantitative estimate of drug-likeness (QED) is 0.721. The molecule has 0 spiro atoms. The monoisotopic (exact) mass is 341 g/mol. The molecule has 0 radical (unpaired) electrons. The first-order valence-corrected chi connectivity index (χ1v) is 8.78. The first-order valence-electron chi connectivity index (χ1n) is 7.90. The van der Waals surface area contributed by atoms with Gasteiger partial charge in [0.05, 0.1) is 5.52 Å². The van der Waals surface area contributed by atoms with Crippen LogP contribution in [0.2, 0.25) is 0 Å². The zero-order chi connectivity index (χ0) is 16.5. The third-order valence-corrected chi connectivity index (χ3v) is 5.04. The van der Waals surface area contributed by atoms with Gasteiger partial charge in [-0.1, -0.05) is 11.3 Å². The van der Waals surface area contributed by atoms with Gasteiger partial charge in [-0.3, -0.25) is 0 Å². The molecule has 1 aliphatic heterocycles. The van der Waals surface area contributed by atoms with Crippen molar-refractivity contribution in [3.05, 3.63) is 30.0 Å². The van der Waals surface area contributed by atoms with Crippen LogP contribution in [0.1, 0.15) is 0 Å². The third-order valence-electron chi connectivity index (χ3n) is 4.29. The van der Waals surface area contributed by atoms with Crippen LogP contribution < -0.4 is 14.7 Å². The summed E-state index contributed by atoms with van der Waals surface area (Å²) < 4.78 is 0. The van der Waals surface area contributed by atoms with Crippen molar-refractivity contribution in [2.75, 3.05) is 55.0 Å². The Balaban J connectivity index is 1.58. The number of hydrogen-bond acceptors (Lipinski definition) is 8. The zero-order valence-electron chi connectivity index (χ0n) is 13.8. The average Bonchev–Trinajstić information content (AvgIpc) is 3.15. The molecular weight excluding hydrogens is 322 g/mol. The molecule has 1 aromatic carbocycles. The van der Waals surface area contributed by atoms with Crippen LogP contribution in [0, 0.1) is 0 Å². The molecule has 0 unspecified atom stereocenters. The first kappa shape index (κ1) is 15.1. The van der Waals surface area contributed by atoms with E-state index in [4.69, 9.17) is 0 Å². The van der Waals surface area contributed by atoms with E-state index in [1.54, 1.807) is 23.2 Å². The molecule has 3 heterocycles. The number of anilines is 3. The predicted molar refractivity (Wildman–Crippen MR) is 98.2 cm³/mol. The summed E-state index contributed by atoms with van der Waals surface area (Å²) in [6.07, 6.45) is 1.62. The Labute approximate surface area is 144 Å². The zero-order valence-corrected chi connectivity index (χ0v) is 14.6. The van der Waals surface area contributed by atoms with Crippen molar-refractivity contribution in [3.63, 3.8) is 0 Å². The summed E-state index contributed by atoms with van der Waals surface area (Å²) in [6, 6.07) is 6.43. The van der Waals surface area contributed by atoms with E-state index in [0.29, 0.717) is 0 Å². The highest BCUT2D eigenvalue weighted by Crippen LogP contribution is 2.28. The lowest BCUT2D eigenvalue weighted by Crippen LogP contribution is -2.46. The summed E-state index contributed by atoms with van der Waals surface area (Å²) in [4.78, 5) is 15.5. The number of aromatic nitrogens is 4. The van der Waals surface area contributed by atoms with E-state index in [-0.39, 0.29) is 0 Å². The maximum Gasteiger partial charge on any atom is 0.208 e. The van der Waals surface area contributed by atoms with Gasteiger partial charge in [-0.05, 0) is 18.2 Å². The lowest BCUT2D eigenvalue weighted by Gasteiger charge is -2.35. The number of nitrogens with zero attached hydrogens (tertiary/aromatic N) is 7. The smallest absolute Gasteiger partial charge is 0.208 e. The molecule has 7 nitrogen and oxygen atoms in total. The van der Waals surface area contributed by atoms with Crippen molar-refractivity contribution >= 4 is 38.9 Å². The van der Waals surface area contributed by atoms with E-state index in [0.717, 1.165) is 48.0 Å². The van der Waals surface area contributed by atoms with Crippen molar-refractivity contribution in [2.24, 2.45) is 0 Å². The highest BCUT2D eigenvalue weighted by Gasteiger charge is 2.20. The Bertz CT molecular complexity index is 826. The van der Waals surface area contributed by atoms with Gasteiger partial charge >= 0.3 is 0 Å². The molecule has 0 saturated carbocycles. The fraction of sp³-hybridized carbons (Fsp3) is 0.375. The van der Waals surface area contributed by atoms with Gasteiger partial charge in [-0.2, -0.15) is 0 Å². The second-order valence-corrected chi connectivity index (χ2v) is 6.80. The van der Waals surface area contributed by atoms with Crippen LogP contribution in [0.5, 0.6) is 0 Å². The van der Waals surface area contributed by atoms with Crippen LogP contribution in [0.25, 0.3) is 10.9 Å². The number of hydrogen-bond donors (Lipinski definition) is 0. The molecule has 0 bridgehead atoms. The van der Waals surface area contributed by atoms with Crippen LogP contribution >= 0.6 is 11.3 Å². The number of piperazine rings is 1. The van der Waals surface area contributed by atoms with Gasteiger partial charge in [0.2, 0.25) is 5.13 Å². The van der Waals surface area contributed by atoms with Crippen molar-refractivity contribution in [1.82, 2.24) is 20.2 Å². The molecule has 0 amide bonds. The van der Waals surface area contributed by atoms with Crippen LogP contribution in [0.4, 0.5) is 16.6 Å². The molecular formula is C16H19N7S. The second-order valence-electron chi connectivity index (χ2n) is 5.99. The van der Waals surface area contributed by atoms with E-state index in [1.165, 1.54) is 5.69 Å². The average molecular weight is 341 g/mol. The van der Waals surface area contributed by atoms with Gasteiger partial charge in [-0.25, -0.2) is 9.97 Å². The van der Waals surface area contributed by atoms with Gasteiger partial charge in [0.1, 0.15) is 17.7 Å². The minimum absolute atomic E-state index is 0.953. The summed E-state index contributed by atoms with van der Waals surface area (Å²) in [5.41, 5.74) is 3.98. The Morgan fingerprint density at radius 1 is 1.04 bits per heavy atom. The number of fused-ring (bicyclic) bond motifs is 1. The molecule has 124 valence electrons. The topological polar surface area (TPSA) is 61.3 Å². The second kappa shape index (κ2) is 6.20. The van der Waals surface area contributed by atoms with Crippen molar-refractivity contribution in [2.45, 2.75) is 0 Å².